The fourth-order valence-corrected chi connectivity index (χ4v) is 2.73. The molecule has 92 valence electrons. The van der Waals surface area contributed by atoms with Crippen LogP contribution in [0.25, 0.3) is 0 Å². The molecule has 0 bridgehead atoms. The van der Waals surface area contributed by atoms with Gasteiger partial charge in [0, 0.05) is 11.1 Å². The summed E-state index contributed by atoms with van der Waals surface area (Å²) in [6, 6.07) is 7.25. The molecule has 1 saturated carbocycles. The number of carboxylic acids is 1. The average molecular weight is 254 g/mol. The first-order valence-electron chi connectivity index (χ1n) is 5.76. The molecule has 1 aliphatic rings. The van der Waals surface area contributed by atoms with Crippen molar-refractivity contribution in [3.8, 4) is 0 Å². The molecule has 0 aliphatic heterocycles. The van der Waals surface area contributed by atoms with Crippen molar-refractivity contribution >= 4 is 17.6 Å². The standard InChI is InChI=1S/C13H16ClNO2/c1-15-11(9-3-5-10(14)6-4-9)13(12(16)17)7-2-8-13/h3-6,11,15H,2,7-8H2,1H3,(H,16,17). The van der Waals surface area contributed by atoms with Crippen LogP contribution in [0.2, 0.25) is 5.02 Å². The maximum absolute atomic E-state index is 11.5. The molecule has 1 aromatic carbocycles. The van der Waals surface area contributed by atoms with E-state index < -0.39 is 11.4 Å². The zero-order valence-corrected chi connectivity index (χ0v) is 10.5. The monoisotopic (exact) mass is 253 g/mol. The first kappa shape index (κ1) is 12.4. The lowest BCUT2D eigenvalue weighted by Gasteiger charge is -2.44. The van der Waals surface area contributed by atoms with E-state index in [1.165, 1.54) is 0 Å². The van der Waals surface area contributed by atoms with E-state index in [9.17, 15) is 9.90 Å². The van der Waals surface area contributed by atoms with Gasteiger partial charge in [-0.2, -0.15) is 0 Å². The Hall–Kier alpha value is -1.06. The number of rotatable bonds is 4. The predicted molar refractivity (Wildman–Crippen MR) is 67.2 cm³/mol. The Morgan fingerprint density at radius 2 is 2.00 bits per heavy atom. The Balaban J connectivity index is 2.32. The molecule has 0 spiro atoms. The van der Waals surface area contributed by atoms with Crippen molar-refractivity contribution in [3.05, 3.63) is 34.9 Å². The topological polar surface area (TPSA) is 49.3 Å². The number of carbonyl (C=O) groups is 1. The predicted octanol–water partition coefficient (Wildman–Crippen LogP) is 2.86. The van der Waals surface area contributed by atoms with Gasteiger partial charge in [0.15, 0.2) is 0 Å². The second kappa shape index (κ2) is 4.67. The molecule has 2 N–H and O–H groups in total. The summed E-state index contributed by atoms with van der Waals surface area (Å²) in [6.45, 7) is 0. The number of hydrogen-bond donors (Lipinski definition) is 2. The molecule has 0 radical (unpaired) electrons. The summed E-state index contributed by atoms with van der Waals surface area (Å²) in [7, 11) is 1.81. The van der Waals surface area contributed by atoms with Crippen molar-refractivity contribution in [1.82, 2.24) is 5.32 Å². The molecule has 0 saturated heterocycles. The second-order valence-electron chi connectivity index (χ2n) is 4.59. The maximum atomic E-state index is 11.5. The van der Waals surface area contributed by atoms with Gasteiger partial charge in [0.25, 0.3) is 0 Å². The SMILES string of the molecule is CNC(c1ccc(Cl)cc1)C1(C(=O)O)CCC1. The molecular weight excluding hydrogens is 238 g/mol. The second-order valence-corrected chi connectivity index (χ2v) is 5.02. The molecule has 1 unspecified atom stereocenters. The Kier molecular flexibility index (Phi) is 3.40. The van der Waals surface area contributed by atoms with Crippen LogP contribution in [0.3, 0.4) is 0 Å². The van der Waals surface area contributed by atoms with Crippen LogP contribution in [0.4, 0.5) is 0 Å². The van der Waals surface area contributed by atoms with Crippen molar-refractivity contribution < 1.29 is 9.90 Å². The quantitative estimate of drug-likeness (QED) is 0.868. The lowest BCUT2D eigenvalue weighted by atomic mass is 9.62. The molecule has 0 aromatic heterocycles. The molecule has 1 fully saturated rings. The van der Waals surface area contributed by atoms with Gasteiger partial charge in [-0.1, -0.05) is 30.2 Å². The van der Waals surface area contributed by atoms with Crippen LogP contribution >= 0.6 is 11.6 Å². The normalized spacial score (nSPS) is 19.4. The van der Waals surface area contributed by atoms with Gasteiger partial charge in [-0.05, 0) is 37.6 Å². The third-order valence-electron chi connectivity index (χ3n) is 3.72. The Labute approximate surface area is 106 Å². The van der Waals surface area contributed by atoms with Gasteiger partial charge in [0.1, 0.15) is 0 Å². The van der Waals surface area contributed by atoms with Crippen molar-refractivity contribution in [2.75, 3.05) is 7.05 Å². The summed E-state index contributed by atoms with van der Waals surface area (Å²) < 4.78 is 0. The lowest BCUT2D eigenvalue weighted by molar-refractivity contribution is -0.157. The summed E-state index contributed by atoms with van der Waals surface area (Å²) in [5.74, 6) is -0.710. The van der Waals surface area contributed by atoms with Crippen LogP contribution in [0.1, 0.15) is 30.9 Å². The summed E-state index contributed by atoms with van der Waals surface area (Å²) in [4.78, 5) is 11.5. The Morgan fingerprint density at radius 1 is 1.41 bits per heavy atom. The van der Waals surface area contributed by atoms with Crippen LogP contribution < -0.4 is 5.32 Å². The first-order chi connectivity index (χ1) is 8.10. The number of hydrogen-bond acceptors (Lipinski definition) is 2. The van der Waals surface area contributed by atoms with Crippen LogP contribution in [-0.2, 0) is 4.79 Å². The smallest absolute Gasteiger partial charge is 0.311 e. The van der Waals surface area contributed by atoms with Gasteiger partial charge < -0.3 is 10.4 Å². The minimum absolute atomic E-state index is 0.147. The summed E-state index contributed by atoms with van der Waals surface area (Å²) >= 11 is 5.85. The van der Waals surface area contributed by atoms with Crippen LogP contribution in [0, 0.1) is 5.41 Å². The highest BCUT2D eigenvalue weighted by Crippen LogP contribution is 2.50. The summed E-state index contributed by atoms with van der Waals surface area (Å²) in [5, 5.41) is 13.2. The van der Waals surface area contributed by atoms with E-state index in [0.717, 1.165) is 24.8 Å². The molecule has 3 nitrogen and oxygen atoms in total. The van der Waals surface area contributed by atoms with Gasteiger partial charge in [0.2, 0.25) is 0 Å². The Morgan fingerprint density at radius 3 is 2.35 bits per heavy atom. The minimum atomic E-state index is -0.710. The van der Waals surface area contributed by atoms with E-state index in [2.05, 4.69) is 5.32 Å². The van der Waals surface area contributed by atoms with Gasteiger partial charge in [-0.25, -0.2) is 0 Å². The fraction of sp³-hybridized carbons (Fsp3) is 0.462. The van der Waals surface area contributed by atoms with E-state index >= 15 is 0 Å². The summed E-state index contributed by atoms with van der Waals surface area (Å²) in [5.41, 5.74) is 0.335. The molecular formula is C13H16ClNO2. The minimum Gasteiger partial charge on any atom is -0.481 e. The van der Waals surface area contributed by atoms with Crippen LogP contribution in [0.15, 0.2) is 24.3 Å². The van der Waals surface area contributed by atoms with Crippen molar-refractivity contribution in [3.63, 3.8) is 0 Å². The molecule has 0 amide bonds. The van der Waals surface area contributed by atoms with E-state index in [-0.39, 0.29) is 6.04 Å². The highest BCUT2D eigenvalue weighted by Gasteiger charge is 2.50. The molecule has 1 aromatic rings. The average Bonchev–Trinajstić information content (AvgIpc) is 2.24. The van der Waals surface area contributed by atoms with E-state index in [1.807, 2.05) is 19.2 Å². The molecule has 0 heterocycles. The van der Waals surface area contributed by atoms with Crippen molar-refractivity contribution in [2.45, 2.75) is 25.3 Å². The zero-order valence-electron chi connectivity index (χ0n) is 9.74. The number of carboxylic acid groups (broad SMARTS) is 1. The molecule has 17 heavy (non-hydrogen) atoms. The van der Waals surface area contributed by atoms with Gasteiger partial charge in [0.05, 0.1) is 5.41 Å². The number of benzene rings is 1. The summed E-state index contributed by atoms with van der Waals surface area (Å²) in [6.07, 6.45) is 2.45. The zero-order chi connectivity index (χ0) is 12.5. The molecule has 1 atom stereocenters. The molecule has 4 heteroatoms. The van der Waals surface area contributed by atoms with Crippen molar-refractivity contribution in [1.29, 1.82) is 0 Å². The highest BCUT2D eigenvalue weighted by molar-refractivity contribution is 6.30. The lowest BCUT2D eigenvalue weighted by Crippen LogP contribution is -2.47. The van der Waals surface area contributed by atoms with Gasteiger partial charge >= 0.3 is 5.97 Å². The van der Waals surface area contributed by atoms with E-state index in [4.69, 9.17) is 11.6 Å². The molecule has 1 aliphatic carbocycles. The van der Waals surface area contributed by atoms with Crippen LogP contribution in [-0.4, -0.2) is 18.1 Å². The molecule has 2 rings (SSSR count). The first-order valence-corrected chi connectivity index (χ1v) is 6.14. The van der Waals surface area contributed by atoms with E-state index in [0.29, 0.717) is 5.02 Å². The van der Waals surface area contributed by atoms with E-state index in [1.54, 1.807) is 12.1 Å². The van der Waals surface area contributed by atoms with Crippen molar-refractivity contribution in [2.24, 2.45) is 5.41 Å². The third-order valence-corrected chi connectivity index (χ3v) is 3.97. The highest BCUT2D eigenvalue weighted by atomic mass is 35.5. The largest absolute Gasteiger partial charge is 0.481 e. The third kappa shape index (κ3) is 2.05. The Bertz CT molecular complexity index is 412. The number of aliphatic carboxylic acids is 1. The van der Waals surface area contributed by atoms with Crippen LogP contribution in [0.5, 0.6) is 0 Å². The van der Waals surface area contributed by atoms with Gasteiger partial charge in [-0.3, -0.25) is 4.79 Å². The number of nitrogens with one attached hydrogen (secondary N) is 1. The fourth-order valence-electron chi connectivity index (χ4n) is 2.60. The maximum Gasteiger partial charge on any atom is 0.311 e. The number of halogens is 1. The van der Waals surface area contributed by atoms with Gasteiger partial charge in [-0.15, -0.1) is 0 Å².